The Labute approximate surface area is 233 Å². The van der Waals surface area contributed by atoms with Crippen molar-refractivity contribution in [2.75, 3.05) is 23.7 Å². The monoisotopic (exact) mass is 591 g/mol. The summed E-state index contributed by atoms with van der Waals surface area (Å²) in [6, 6.07) is 6.98. The zero-order chi connectivity index (χ0) is 28.5. The molecule has 2 amide bonds. The number of amides is 2. The molecule has 12 heteroatoms. The predicted octanol–water partition coefficient (Wildman–Crippen LogP) is 5.54. The fourth-order valence-electron chi connectivity index (χ4n) is 3.90. The van der Waals surface area contributed by atoms with Gasteiger partial charge in [0, 0.05) is 32.1 Å². The molecule has 0 radical (unpaired) electrons. The largest absolute Gasteiger partial charge is 0.354 e. The van der Waals surface area contributed by atoms with Crippen LogP contribution in [0.15, 0.2) is 36.4 Å². The van der Waals surface area contributed by atoms with Gasteiger partial charge in [0.1, 0.15) is 6.04 Å². The van der Waals surface area contributed by atoms with Crippen molar-refractivity contribution in [2.24, 2.45) is 0 Å². The Morgan fingerprint density at radius 1 is 1.00 bits per heavy atom. The van der Waals surface area contributed by atoms with Gasteiger partial charge in [-0.2, -0.15) is 0 Å². The van der Waals surface area contributed by atoms with Gasteiger partial charge < -0.3 is 10.2 Å². The standard InChI is InChI=1S/C26H33Cl2F2N3O4S/c1-4-6-13-31-26(35)24(5-2)32(17-18-9-11-20(27)21(28)15-18)25(34)8-7-14-33(38(3,36)37)19-10-12-22(29)23(30)16-19/h9-12,15-16,24H,4-8,13-14,17H2,1-3H3,(H,31,35). The zero-order valence-electron chi connectivity index (χ0n) is 21.6. The van der Waals surface area contributed by atoms with Crippen LogP contribution in [-0.4, -0.2) is 50.5 Å². The minimum absolute atomic E-state index is 0.0479. The molecule has 1 atom stereocenters. The maximum atomic E-state index is 13.7. The third-order valence-corrected chi connectivity index (χ3v) is 7.83. The van der Waals surface area contributed by atoms with Gasteiger partial charge in [-0.3, -0.25) is 13.9 Å². The Hall–Kier alpha value is -2.43. The van der Waals surface area contributed by atoms with Gasteiger partial charge >= 0.3 is 0 Å². The number of rotatable bonds is 14. The molecule has 2 aromatic carbocycles. The topological polar surface area (TPSA) is 86.8 Å². The molecule has 0 saturated heterocycles. The highest BCUT2D eigenvalue weighted by atomic mass is 35.5. The first-order chi connectivity index (χ1) is 17.9. The number of nitrogens with one attached hydrogen (secondary N) is 1. The molecule has 2 aromatic rings. The molecule has 0 aliphatic carbocycles. The summed E-state index contributed by atoms with van der Waals surface area (Å²) in [5.74, 6) is -2.93. The number of unbranched alkanes of at least 4 members (excludes halogenated alkanes) is 1. The number of halogens is 4. The molecule has 38 heavy (non-hydrogen) atoms. The van der Waals surface area contributed by atoms with Crippen molar-refractivity contribution in [3.05, 3.63) is 63.6 Å². The highest BCUT2D eigenvalue weighted by molar-refractivity contribution is 7.92. The number of anilines is 1. The SMILES string of the molecule is CCCCNC(=O)C(CC)N(Cc1ccc(Cl)c(Cl)c1)C(=O)CCCN(c1ccc(F)c(F)c1)S(C)(=O)=O. The molecule has 1 unspecified atom stereocenters. The average molecular weight is 593 g/mol. The van der Waals surface area contributed by atoms with Crippen LogP contribution in [0.2, 0.25) is 10.0 Å². The number of benzene rings is 2. The van der Waals surface area contributed by atoms with Gasteiger partial charge in [-0.1, -0.05) is 49.5 Å². The number of carbonyl (C=O) groups excluding carboxylic acids is 2. The van der Waals surface area contributed by atoms with Crippen LogP contribution in [0.1, 0.15) is 51.5 Å². The smallest absolute Gasteiger partial charge is 0.242 e. The summed E-state index contributed by atoms with van der Waals surface area (Å²) in [5, 5.41) is 3.54. The van der Waals surface area contributed by atoms with E-state index in [1.165, 1.54) is 4.90 Å². The molecule has 1 N–H and O–H groups in total. The van der Waals surface area contributed by atoms with E-state index in [1.807, 2.05) is 6.92 Å². The van der Waals surface area contributed by atoms with E-state index in [0.717, 1.165) is 41.6 Å². The molecule has 210 valence electrons. The highest BCUT2D eigenvalue weighted by Gasteiger charge is 2.29. The molecule has 0 aliphatic heterocycles. The molecule has 0 fully saturated rings. The molecule has 0 heterocycles. The van der Waals surface area contributed by atoms with Crippen LogP contribution >= 0.6 is 23.2 Å². The lowest BCUT2D eigenvalue weighted by atomic mass is 10.1. The quantitative estimate of drug-likeness (QED) is 0.292. The van der Waals surface area contributed by atoms with Gasteiger partial charge in [-0.05, 0) is 49.1 Å². The molecular weight excluding hydrogens is 559 g/mol. The Morgan fingerprint density at radius 3 is 2.29 bits per heavy atom. The predicted molar refractivity (Wildman–Crippen MR) is 147 cm³/mol. The Balaban J connectivity index is 2.24. The number of carbonyl (C=O) groups is 2. The second kappa shape index (κ2) is 14.6. The van der Waals surface area contributed by atoms with Crippen LogP contribution in [0.25, 0.3) is 0 Å². The molecule has 0 bridgehead atoms. The van der Waals surface area contributed by atoms with Gasteiger partial charge in [0.25, 0.3) is 0 Å². The minimum atomic E-state index is -3.84. The van der Waals surface area contributed by atoms with E-state index in [2.05, 4.69) is 5.32 Å². The van der Waals surface area contributed by atoms with Crippen LogP contribution in [-0.2, 0) is 26.2 Å². The number of sulfonamides is 1. The van der Waals surface area contributed by atoms with Crippen molar-refractivity contribution >= 4 is 50.7 Å². The molecule has 0 saturated carbocycles. The highest BCUT2D eigenvalue weighted by Crippen LogP contribution is 2.25. The molecule has 0 aliphatic rings. The molecule has 2 rings (SSSR count). The maximum Gasteiger partial charge on any atom is 0.242 e. The average Bonchev–Trinajstić information content (AvgIpc) is 2.85. The van der Waals surface area contributed by atoms with Gasteiger partial charge in [-0.25, -0.2) is 17.2 Å². The lowest BCUT2D eigenvalue weighted by molar-refractivity contribution is -0.141. The van der Waals surface area contributed by atoms with Crippen LogP contribution in [0.3, 0.4) is 0 Å². The van der Waals surface area contributed by atoms with Gasteiger partial charge in [0.15, 0.2) is 11.6 Å². The molecule has 0 aromatic heterocycles. The van der Waals surface area contributed by atoms with E-state index in [1.54, 1.807) is 25.1 Å². The third-order valence-electron chi connectivity index (χ3n) is 5.90. The number of hydrogen-bond acceptors (Lipinski definition) is 4. The van der Waals surface area contributed by atoms with E-state index in [-0.39, 0.29) is 43.4 Å². The van der Waals surface area contributed by atoms with Crippen LogP contribution in [0.4, 0.5) is 14.5 Å². The number of nitrogens with zero attached hydrogens (tertiary/aromatic N) is 2. The summed E-state index contributed by atoms with van der Waals surface area (Å²) in [6.45, 7) is 4.24. The molecule has 0 spiro atoms. The summed E-state index contributed by atoms with van der Waals surface area (Å²) in [5.41, 5.74) is 0.625. The minimum Gasteiger partial charge on any atom is -0.354 e. The maximum absolute atomic E-state index is 13.7. The van der Waals surface area contributed by atoms with Crippen molar-refractivity contribution in [2.45, 2.75) is 58.5 Å². The fourth-order valence-corrected chi connectivity index (χ4v) is 5.18. The lowest BCUT2D eigenvalue weighted by Crippen LogP contribution is -2.49. The first-order valence-corrected chi connectivity index (χ1v) is 14.9. The van der Waals surface area contributed by atoms with Gasteiger partial charge in [-0.15, -0.1) is 0 Å². The first kappa shape index (κ1) is 31.8. The second-order valence-corrected chi connectivity index (χ2v) is 11.6. The lowest BCUT2D eigenvalue weighted by Gasteiger charge is -2.31. The second-order valence-electron chi connectivity index (χ2n) is 8.88. The van der Waals surface area contributed by atoms with E-state index in [9.17, 15) is 26.8 Å². The van der Waals surface area contributed by atoms with Crippen LogP contribution in [0.5, 0.6) is 0 Å². The number of hydrogen-bond donors (Lipinski definition) is 1. The molecular formula is C26H33Cl2F2N3O4S. The third kappa shape index (κ3) is 9.10. The zero-order valence-corrected chi connectivity index (χ0v) is 24.0. The van der Waals surface area contributed by atoms with Crippen LogP contribution in [0, 0.1) is 11.6 Å². The Bertz CT molecular complexity index is 1230. The Morgan fingerprint density at radius 2 is 1.71 bits per heavy atom. The van der Waals surface area contributed by atoms with E-state index in [0.29, 0.717) is 28.6 Å². The van der Waals surface area contributed by atoms with Crippen molar-refractivity contribution in [3.8, 4) is 0 Å². The van der Waals surface area contributed by atoms with E-state index >= 15 is 0 Å². The summed E-state index contributed by atoms with van der Waals surface area (Å²) >= 11 is 12.2. The fraction of sp³-hybridized carbons (Fsp3) is 0.462. The van der Waals surface area contributed by atoms with Gasteiger partial charge in [0.05, 0.1) is 22.0 Å². The summed E-state index contributed by atoms with van der Waals surface area (Å²) in [4.78, 5) is 27.8. The summed E-state index contributed by atoms with van der Waals surface area (Å²) < 4.78 is 52.7. The normalized spacial score (nSPS) is 12.2. The van der Waals surface area contributed by atoms with Crippen LogP contribution < -0.4 is 9.62 Å². The van der Waals surface area contributed by atoms with Gasteiger partial charge in [0.2, 0.25) is 21.8 Å². The van der Waals surface area contributed by atoms with E-state index < -0.39 is 27.7 Å². The summed E-state index contributed by atoms with van der Waals surface area (Å²) in [6.07, 6.45) is 2.99. The van der Waals surface area contributed by atoms with Crippen molar-refractivity contribution in [1.82, 2.24) is 10.2 Å². The van der Waals surface area contributed by atoms with Crippen molar-refractivity contribution in [1.29, 1.82) is 0 Å². The molecule has 7 nitrogen and oxygen atoms in total. The van der Waals surface area contributed by atoms with Crippen molar-refractivity contribution in [3.63, 3.8) is 0 Å². The van der Waals surface area contributed by atoms with E-state index in [4.69, 9.17) is 23.2 Å². The first-order valence-electron chi connectivity index (χ1n) is 12.3. The Kier molecular flexibility index (Phi) is 12.3. The summed E-state index contributed by atoms with van der Waals surface area (Å²) in [7, 11) is -3.84. The van der Waals surface area contributed by atoms with Crippen molar-refractivity contribution < 1.29 is 26.8 Å².